The molecule has 0 aliphatic carbocycles. The van der Waals surface area contributed by atoms with Crippen LogP contribution in [0.4, 0.5) is 0 Å². The largest absolute Gasteiger partial charge is 0.493 e. The summed E-state index contributed by atoms with van der Waals surface area (Å²) in [7, 11) is 2.96. The smallest absolute Gasteiger partial charge is 0.218 e. The molecule has 4 atom stereocenters. The Morgan fingerprint density at radius 2 is 1.56 bits per heavy atom. The Kier molecular flexibility index (Phi) is 4.81. The van der Waals surface area contributed by atoms with Crippen LogP contribution in [-0.4, -0.2) is 25.9 Å². The molecule has 2 heterocycles. The van der Waals surface area contributed by atoms with E-state index in [1.165, 1.54) is 14.2 Å². The van der Waals surface area contributed by atoms with Gasteiger partial charge in [0.1, 0.15) is 6.10 Å². The van der Waals surface area contributed by atoms with Gasteiger partial charge in [0, 0.05) is 6.92 Å². The molecule has 0 amide bonds. The molecule has 8 nitrogen and oxygen atoms in total. The number of ether oxygens (including phenoxy) is 4. The molecular weight excluding hydrogens is 408 g/mol. The molecule has 1 N–H and O–H groups in total. The van der Waals surface area contributed by atoms with Crippen LogP contribution in [0.25, 0.3) is 0 Å². The minimum atomic E-state index is -2.07. The summed E-state index contributed by atoms with van der Waals surface area (Å²) in [5.74, 6) is -1.94. The SMILES string of the molecule is COc1ccc(C2OC3(C)OC(=N)C(C#N)(C3c3ccccc3)C2(C#N)C#N)cc1OC. The standard InChI is InChI=1S/C24H20N4O4/c1-22-19(15-7-5-4-6-8-15)24(14-27,21(28)32-22)23(12-25,13-26)20(31-22)16-9-10-17(29-2)18(11-16)30-3/h4-11,19-20,28H,1-3H3. The highest BCUT2D eigenvalue weighted by atomic mass is 16.7. The molecule has 160 valence electrons. The summed E-state index contributed by atoms with van der Waals surface area (Å²) in [6.07, 6.45) is -1.19. The van der Waals surface area contributed by atoms with Crippen LogP contribution in [0.15, 0.2) is 48.5 Å². The van der Waals surface area contributed by atoms with Gasteiger partial charge in [-0.3, -0.25) is 5.41 Å². The van der Waals surface area contributed by atoms with E-state index in [4.69, 9.17) is 24.4 Å². The lowest BCUT2D eigenvalue weighted by molar-refractivity contribution is -0.253. The van der Waals surface area contributed by atoms with E-state index in [-0.39, 0.29) is 0 Å². The minimum absolute atomic E-state index is 0.378. The number of hydrogen-bond acceptors (Lipinski definition) is 8. The number of rotatable bonds is 4. The van der Waals surface area contributed by atoms with Gasteiger partial charge in [0.15, 0.2) is 16.9 Å². The predicted molar refractivity (Wildman–Crippen MR) is 111 cm³/mol. The summed E-state index contributed by atoms with van der Waals surface area (Å²) in [5, 5.41) is 39.8. The first-order valence-electron chi connectivity index (χ1n) is 9.84. The summed E-state index contributed by atoms with van der Waals surface area (Å²) >= 11 is 0. The van der Waals surface area contributed by atoms with Crippen LogP contribution < -0.4 is 9.47 Å². The first-order chi connectivity index (χ1) is 15.4. The van der Waals surface area contributed by atoms with Crippen LogP contribution >= 0.6 is 0 Å². The molecule has 0 spiro atoms. The van der Waals surface area contributed by atoms with Crippen LogP contribution in [0.3, 0.4) is 0 Å². The number of nitrogens with one attached hydrogen (secondary N) is 1. The molecule has 8 heteroatoms. The third-order valence-electron chi connectivity index (χ3n) is 6.36. The second-order valence-electron chi connectivity index (χ2n) is 7.85. The quantitative estimate of drug-likeness (QED) is 0.782. The Morgan fingerprint density at radius 1 is 0.906 bits per heavy atom. The Bertz CT molecular complexity index is 1200. The molecule has 2 bridgehead atoms. The zero-order valence-electron chi connectivity index (χ0n) is 17.7. The van der Waals surface area contributed by atoms with E-state index in [0.717, 1.165) is 0 Å². The highest BCUT2D eigenvalue weighted by Gasteiger charge is 2.79. The number of nitriles is 3. The molecule has 4 rings (SSSR count). The van der Waals surface area contributed by atoms with Gasteiger partial charge in [-0.2, -0.15) is 15.8 Å². The lowest BCUT2D eigenvalue weighted by Gasteiger charge is -2.48. The zero-order valence-corrected chi connectivity index (χ0v) is 17.7. The van der Waals surface area contributed by atoms with Crippen molar-refractivity contribution in [3.63, 3.8) is 0 Å². The normalized spacial score (nSPS) is 29.7. The molecule has 4 unspecified atom stereocenters. The molecule has 0 radical (unpaired) electrons. The van der Waals surface area contributed by atoms with Crippen LogP contribution in [0.2, 0.25) is 0 Å². The van der Waals surface area contributed by atoms with E-state index in [9.17, 15) is 15.8 Å². The maximum atomic E-state index is 10.5. The highest BCUT2D eigenvalue weighted by molar-refractivity contribution is 5.90. The Balaban J connectivity index is 2.01. The van der Waals surface area contributed by atoms with Gasteiger partial charge < -0.3 is 18.9 Å². The van der Waals surface area contributed by atoms with Gasteiger partial charge in [0.2, 0.25) is 17.1 Å². The highest BCUT2D eigenvalue weighted by Crippen LogP contribution is 2.69. The van der Waals surface area contributed by atoms with Gasteiger partial charge in [0.05, 0.1) is 38.3 Å². The van der Waals surface area contributed by atoms with Crippen molar-refractivity contribution < 1.29 is 18.9 Å². The molecule has 2 aromatic rings. The van der Waals surface area contributed by atoms with E-state index in [1.54, 1.807) is 49.4 Å². The second-order valence-corrected chi connectivity index (χ2v) is 7.85. The Hall–Kier alpha value is -4.06. The van der Waals surface area contributed by atoms with Crippen molar-refractivity contribution in [2.75, 3.05) is 14.2 Å². The van der Waals surface area contributed by atoms with Crippen molar-refractivity contribution in [3.8, 4) is 29.7 Å². The molecule has 2 saturated heterocycles. The van der Waals surface area contributed by atoms with Crippen LogP contribution in [-0.2, 0) is 9.47 Å². The number of methoxy groups -OCH3 is 2. The molecular formula is C24H20N4O4. The van der Waals surface area contributed by atoms with Crippen molar-refractivity contribution in [1.29, 1.82) is 21.2 Å². The summed E-state index contributed by atoms with van der Waals surface area (Å²) in [5.41, 5.74) is -2.90. The lowest BCUT2D eigenvalue weighted by atomic mass is 9.52. The number of benzene rings is 2. The average molecular weight is 428 g/mol. The minimum Gasteiger partial charge on any atom is -0.493 e. The maximum Gasteiger partial charge on any atom is 0.218 e. The van der Waals surface area contributed by atoms with Crippen molar-refractivity contribution >= 4 is 5.90 Å². The third kappa shape index (κ3) is 2.46. The topological polar surface area (TPSA) is 132 Å². The molecule has 2 aliphatic heterocycles. The fourth-order valence-corrected chi connectivity index (χ4v) is 4.95. The second kappa shape index (κ2) is 7.27. The number of nitrogens with zero attached hydrogens (tertiary/aromatic N) is 3. The number of hydrogen-bond donors (Lipinski definition) is 1. The van der Waals surface area contributed by atoms with E-state index >= 15 is 0 Å². The van der Waals surface area contributed by atoms with Crippen LogP contribution in [0.5, 0.6) is 11.5 Å². The summed E-state index contributed by atoms with van der Waals surface area (Å²) < 4.78 is 22.8. The first kappa shape index (κ1) is 21.2. The first-order valence-corrected chi connectivity index (χ1v) is 9.84. The van der Waals surface area contributed by atoms with E-state index in [2.05, 4.69) is 6.07 Å². The zero-order chi connectivity index (χ0) is 23.1. The van der Waals surface area contributed by atoms with Gasteiger partial charge in [0.25, 0.3) is 0 Å². The van der Waals surface area contributed by atoms with Gasteiger partial charge in [-0.15, -0.1) is 0 Å². The summed E-state index contributed by atoms with van der Waals surface area (Å²) in [6.45, 7) is 1.63. The van der Waals surface area contributed by atoms with Crippen molar-refractivity contribution in [2.45, 2.75) is 24.7 Å². The maximum absolute atomic E-state index is 10.5. The van der Waals surface area contributed by atoms with Gasteiger partial charge in [-0.25, -0.2) is 0 Å². The summed E-state index contributed by atoms with van der Waals surface area (Å²) in [6, 6.07) is 20.1. The summed E-state index contributed by atoms with van der Waals surface area (Å²) in [4.78, 5) is 0. The van der Waals surface area contributed by atoms with Gasteiger partial charge in [-0.1, -0.05) is 36.4 Å². The van der Waals surface area contributed by atoms with E-state index < -0.39 is 34.5 Å². The predicted octanol–water partition coefficient (Wildman–Crippen LogP) is 3.83. The Morgan fingerprint density at radius 3 is 2.12 bits per heavy atom. The van der Waals surface area contributed by atoms with Crippen LogP contribution in [0, 0.1) is 50.2 Å². The molecule has 0 aromatic heterocycles. The van der Waals surface area contributed by atoms with E-state index in [0.29, 0.717) is 22.6 Å². The van der Waals surface area contributed by atoms with Gasteiger partial charge in [-0.05, 0) is 23.3 Å². The molecule has 2 aromatic carbocycles. The fraction of sp³-hybridized carbons (Fsp3) is 0.333. The van der Waals surface area contributed by atoms with Gasteiger partial charge >= 0.3 is 0 Å². The van der Waals surface area contributed by atoms with Crippen molar-refractivity contribution in [2.24, 2.45) is 10.8 Å². The van der Waals surface area contributed by atoms with Crippen LogP contribution in [0.1, 0.15) is 30.1 Å². The van der Waals surface area contributed by atoms with Crippen molar-refractivity contribution in [3.05, 3.63) is 59.7 Å². The molecule has 0 saturated carbocycles. The van der Waals surface area contributed by atoms with Crippen molar-refractivity contribution in [1.82, 2.24) is 0 Å². The Labute approximate surface area is 185 Å². The monoisotopic (exact) mass is 428 g/mol. The number of fused-ring (bicyclic) bond motifs is 2. The molecule has 2 fully saturated rings. The molecule has 2 aliphatic rings. The average Bonchev–Trinajstić information content (AvgIpc) is 3.01. The fourth-order valence-electron chi connectivity index (χ4n) is 4.95. The van der Waals surface area contributed by atoms with E-state index in [1.807, 2.05) is 18.2 Å². The lowest BCUT2D eigenvalue weighted by Crippen LogP contribution is -2.57. The third-order valence-corrected chi connectivity index (χ3v) is 6.36. The molecule has 32 heavy (non-hydrogen) atoms.